The minimum Gasteiger partial charge on any atom is -0.311 e. The Hall–Kier alpha value is -2.42. The molecule has 32 heavy (non-hydrogen) atoms. The summed E-state index contributed by atoms with van der Waals surface area (Å²) in [6.07, 6.45) is 0.888. The molecule has 2 heterocycles. The molecule has 0 atom stereocenters. The number of nitrogens with zero attached hydrogens (tertiary/aromatic N) is 3. The first-order valence-electron chi connectivity index (χ1n) is 10.8. The van der Waals surface area contributed by atoms with Crippen LogP contribution in [0.15, 0.2) is 58.5 Å². The lowest BCUT2D eigenvalue weighted by atomic mass is 10.1. The first kappa shape index (κ1) is 22.8. The van der Waals surface area contributed by atoms with Gasteiger partial charge in [0.15, 0.2) is 0 Å². The summed E-state index contributed by atoms with van der Waals surface area (Å²) < 4.78 is 27.2. The van der Waals surface area contributed by atoms with Gasteiger partial charge in [-0.1, -0.05) is 43.8 Å². The van der Waals surface area contributed by atoms with Crippen molar-refractivity contribution in [2.24, 2.45) is 0 Å². The molecule has 0 unspecified atom stereocenters. The number of sulfonamides is 1. The molecule has 1 aliphatic rings. The number of para-hydroxylation sites is 1. The van der Waals surface area contributed by atoms with Crippen molar-refractivity contribution < 1.29 is 13.2 Å². The largest absolute Gasteiger partial charge is 0.311 e. The number of pyridine rings is 1. The molecule has 0 fully saturated rings. The third kappa shape index (κ3) is 4.27. The van der Waals surface area contributed by atoms with E-state index in [9.17, 15) is 13.2 Å². The average Bonchev–Trinajstić information content (AvgIpc) is 3.22. The molecule has 0 saturated carbocycles. The van der Waals surface area contributed by atoms with Crippen molar-refractivity contribution in [3.8, 4) is 0 Å². The van der Waals surface area contributed by atoms with E-state index in [0.717, 1.165) is 33.6 Å². The Bertz CT molecular complexity index is 1270. The topological polar surface area (TPSA) is 70.6 Å². The summed E-state index contributed by atoms with van der Waals surface area (Å²) >= 11 is 1.41. The number of carbonyl (C=O) groups excluding carboxylic acids is 1. The van der Waals surface area contributed by atoms with Gasteiger partial charge >= 0.3 is 0 Å². The molecule has 0 spiro atoms. The number of fused-ring (bicyclic) bond motifs is 2. The number of hydrogen-bond acceptors (Lipinski definition) is 5. The molecule has 1 aliphatic heterocycles. The fourth-order valence-corrected chi connectivity index (χ4v) is 6.44. The minimum absolute atomic E-state index is 0.0696. The van der Waals surface area contributed by atoms with Gasteiger partial charge in [-0.3, -0.25) is 4.79 Å². The van der Waals surface area contributed by atoms with Crippen molar-refractivity contribution in [3.05, 3.63) is 59.7 Å². The zero-order valence-electron chi connectivity index (χ0n) is 18.5. The van der Waals surface area contributed by atoms with Gasteiger partial charge in [-0.15, -0.1) is 0 Å². The molecule has 3 aromatic rings. The number of benzene rings is 2. The average molecular weight is 470 g/mol. The monoisotopic (exact) mass is 469 g/mol. The molecule has 0 radical (unpaired) electrons. The normalized spacial score (nSPS) is 13.7. The third-order valence-electron chi connectivity index (χ3n) is 5.84. The lowest BCUT2D eigenvalue weighted by Gasteiger charge is -2.19. The number of amides is 1. The van der Waals surface area contributed by atoms with Crippen LogP contribution in [0.25, 0.3) is 10.9 Å². The van der Waals surface area contributed by atoms with Crippen LogP contribution in [-0.2, 0) is 21.2 Å². The van der Waals surface area contributed by atoms with E-state index in [1.54, 1.807) is 18.2 Å². The molecule has 0 bridgehead atoms. The zero-order chi connectivity index (χ0) is 22.9. The molecule has 4 rings (SSSR count). The van der Waals surface area contributed by atoms with E-state index >= 15 is 0 Å². The zero-order valence-corrected chi connectivity index (χ0v) is 20.2. The van der Waals surface area contributed by atoms with Crippen LogP contribution in [0.5, 0.6) is 0 Å². The second-order valence-electron chi connectivity index (χ2n) is 7.76. The van der Waals surface area contributed by atoms with Crippen LogP contribution in [0.1, 0.15) is 25.0 Å². The van der Waals surface area contributed by atoms with Crippen molar-refractivity contribution >= 4 is 44.3 Å². The quantitative estimate of drug-likeness (QED) is 0.484. The molecular weight excluding hydrogens is 442 g/mol. The van der Waals surface area contributed by atoms with Gasteiger partial charge in [0, 0.05) is 30.7 Å². The Morgan fingerprint density at radius 2 is 1.88 bits per heavy atom. The van der Waals surface area contributed by atoms with E-state index in [1.807, 2.05) is 49.9 Å². The van der Waals surface area contributed by atoms with Crippen LogP contribution in [-0.4, -0.2) is 49.0 Å². The van der Waals surface area contributed by atoms with Gasteiger partial charge < -0.3 is 4.90 Å². The van der Waals surface area contributed by atoms with Gasteiger partial charge in [0.25, 0.3) is 0 Å². The molecule has 2 aromatic carbocycles. The molecule has 1 amide bonds. The summed E-state index contributed by atoms with van der Waals surface area (Å²) in [6, 6.07) is 15.0. The lowest BCUT2D eigenvalue weighted by molar-refractivity contribution is -0.116. The van der Waals surface area contributed by atoms with E-state index in [0.29, 0.717) is 25.4 Å². The lowest BCUT2D eigenvalue weighted by Crippen LogP contribution is -2.30. The van der Waals surface area contributed by atoms with Crippen molar-refractivity contribution in [3.63, 3.8) is 0 Å². The Balaban J connectivity index is 1.53. The van der Waals surface area contributed by atoms with Gasteiger partial charge in [-0.2, -0.15) is 4.31 Å². The molecule has 0 N–H and O–H groups in total. The van der Waals surface area contributed by atoms with Crippen LogP contribution in [0.4, 0.5) is 5.69 Å². The molecule has 6 nitrogen and oxygen atoms in total. The highest BCUT2D eigenvalue weighted by atomic mass is 32.2. The molecule has 8 heteroatoms. The second-order valence-corrected chi connectivity index (χ2v) is 10.7. The first-order valence-corrected chi connectivity index (χ1v) is 13.2. The van der Waals surface area contributed by atoms with Crippen molar-refractivity contribution in [1.29, 1.82) is 0 Å². The summed E-state index contributed by atoms with van der Waals surface area (Å²) in [5.41, 5.74) is 3.88. The predicted molar refractivity (Wildman–Crippen MR) is 130 cm³/mol. The van der Waals surface area contributed by atoms with Gasteiger partial charge in [0.2, 0.25) is 15.9 Å². The highest BCUT2D eigenvalue weighted by Crippen LogP contribution is 2.30. The number of thioether (sulfide) groups is 1. The smallest absolute Gasteiger partial charge is 0.243 e. The van der Waals surface area contributed by atoms with Crippen LogP contribution >= 0.6 is 11.8 Å². The van der Waals surface area contributed by atoms with E-state index in [-0.39, 0.29) is 10.8 Å². The summed E-state index contributed by atoms with van der Waals surface area (Å²) in [4.78, 5) is 19.6. The number of anilines is 1. The highest BCUT2D eigenvalue weighted by molar-refractivity contribution is 7.99. The maximum atomic E-state index is 12.9. The summed E-state index contributed by atoms with van der Waals surface area (Å²) in [5.74, 6) is 0.376. The summed E-state index contributed by atoms with van der Waals surface area (Å²) in [6.45, 7) is 7.19. The summed E-state index contributed by atoms with van der Waals surface area (Å²) in [5, 5.41) is 1.57. The van der Waals surface area contributed by atoms with Crippen LogP contribution in [0.3, 0.4) is 0 Å². The second kappa shape index (κ2) is 9.21. The minimum atomic E-state index is -3.52. The number of rotatable bonds is 7. The molecule has 0 aliphatic carbocycles. The maximum absolute atomic E-state index is 12.9. The maximum Gasteiger partial charge on any atom is 0.243 e. The molecule has 0 saturated heterocycles. The van der Waals surface area contributed by atoms with E-state index in [4.69, 9.17) is 0 Å². The van der Waals surface area contributed by atoms with E-state index < -0.39 is 10.0 Å². The Morgan fingerprint density at radius 1 is 1.12 bits per heavy atom. The van der Waals surface area contributed by atoms with Crippen molar-refractivity contribution in [2.45, 2.75) is 37.1 Å². The van der Waals surface area contributed by atoms with Crippen LogP contribution in [0, 0.1) is 6.92 Å². The number of carbonyl (C=O) groups is 1. The van der Waals surface area contributed by atoms with Crippen molar-refractivity contribution in [2.75, 3.05) is 30.3 Å². The number of aromatic nitrogens is 1. The Kier molecular flexibility index (Phi) is 6.55. The van der Waals surface area contributed by atoms with Crippen molar-refractivity contribution in [1.82, 2.24) is 9.29 Å². The van der Waals surface area contributed by atoms with E-state index in [2.05, 4.69) is 11.1 Å². The standard InChI is InChI=1S/C24H27N3O3S2/c1-4-26(5-2)32(29,30)19-10-11-21-20(15-19)17(3)14-23(25-21)31-16-24(28)27-13-12-18-8-6-7-9-22(18)27/h6-11,14-15H,4-5,12-13,16H2,1-3H3. The fourth-order valence-electron chi connectivity index (χ4n) is 4.10. The van der Waals surface area contributed by atoms with Gasteiger partial charge in [0.05, 0.1) is 21.2 Å². The highest BCUT2D eigenvalue weighted by Gasteiger charge is 2.25. The van der Waals surface area contributed by atoms with Gasteiger partial charge in [0.1, 0.15) is 0 Å². The number of aryl methyl sites for hydroxylation is 1. The molecule has 168 valence electrons. The molecular formula is C24H27N3O3S2. The first-order chi connectivity index (χ1) is 15.3. The van der Waals surface area contributed by atoms with Gasteiger partial charge in [-0.05, 0) is 54.8 Å². The molecule has 1 aromatic heterocycles. The predicted octanol–water partition coefficient (Wildman–Crippen LogP) is 4.26. The van der Waals surface area contributed by atoms with Crippen LogP contribution < -0.4 is 4.90 Å². The number of hydrogen-bond donors (Lipinski definition) is 0. The van der Waals surface area contributed by atoms with E-state index in [1.165, 1.54) is 21.6 Å². The Morgan fingerprint density at radius 3 is 2.62 bits per heavy atom. The SMILES string of the molecule is CCN(CC)S(=O)(=O)c1ccc2nc(SCC(=O)N3CCc4ccccc43)cc(C)c2c1. The Labute approximate surface area is 193 Å². The fraction of sp³-hybridized carbons (Fsp3) is 0.333. The third-order valence-corrected chi connectivity index (χ3v) is 8.78. The van der Waals surface area contributed by atoms with Crippen LogP contribution in [0.2, 0.25) is 0 Å². The van der Waals surface area contributed by atoms with Gasteiger partial charge in [-0.25, -0.2) is 13.4 Å². The summed E-state index contributed by atoms with van der Waals surface area (Å²) in [7, 11) is -3.52.